The summed E-state index contributed by atoms with van der Waals surface area (Å²) in [6, 6.07) is 8.08. The van der Waals surface area contributed by atoms with Crippen molar-refractivity contribution >= 4 is 21.8 Å². The lowest BCUT2D eigenvalue weighted by Gasteiger charge is -2.16. The van der Waals surface area contributed by atoms with Gasteiger partial charge in [-0.3, -0.25) is 4.79 Å². The van der Waals surface area contributed by atoms with Crippen LogP contribution in [0.4, 0.5) is 0 Å². The third-order valence-electron chi connectivity index (χ3n) is 3.55. The molecule has 2 heterocycles. The monoisotopic (exact) mass is 334 g/mol. The standard InChI is InChI=1S/C14H15BrN4O/c15-12-3-1-11(2-4-12)9-14(20)18-8-5-13(10-18)19-16-6-7-17-19/h1-4,6-7,13H,5,8-10H2. The van der Waals surface area contributed by atoms with Gasteiger partial charge in [0.15, 0.2) is 0 Å². The van der Waals surface area contributed by atoms with Crippen LogP contribution in [0.1, 0.15) is 18.0 Å². The number of halogens is 1. The highest BCUT2D eigenvalue weighted by Crippen LogP contribution is 2.20. The van der Waals surface area contributed by atoms with Crippen LogP contribution in [0.3, 0.4) is 0 Å². The molecule has 0 bridgehead atoms. The maximum absolute atomic E-state index is 12.3. The molecule has 1 unspecified atom stereocenters. The molecule has 104 valence electrons. The molecule has 0 saturated carbocycles. The van der Waals surface area contributed by atoms with Gasteiger partial charge in [0.25, 0.3) is 0 Å². The van der Waals surface area contributed by atoms with E-state index in [-0.39, 0.29) is 11.9 Å². The summed E-state index contributed by atoms with van der Waals surface area (Å²) in [7, 11) is 0. The second-order valence-electron chi connectivity index (χ2n) is 4.93. The van der Waals surface area contributed by atoms with Crippen molar-refractivity contribution in [3.63, 3.8) is 0 Å². The molecule has 0 aliphatic carbocycles. The fourth-order valence-corrected chi connectivity index (χ4v) is 2.72. The summed E-state index contributed by atoms with van der Waals surface area (Å²) in [5.74, 6) is 0.168. The van der Waals surface area contributed by atoms with Gasteiger partial charge in [-0.15, -0.1) is 0 Å². The van der Waals surface area contributed by atoms with Crippen LogP contribution in [0.2, 0.25) is 0 Å². The van der Waals surface area contributed by atoms with Crippen molar-refractivity contribution in [2.75, 3.05) is 13.1 Å². The molecule has 0 radical (unpaired) electrons. The molecule has 5 nitrogen and oxygen atoms in total. The number of rotatable bonds is 3. The number of hydrogen-bond acceptors (Lipinski definition) is 3. The summed E-state index contributed by atoms with van der Waals surface area (Å²) in [5.41, 5.74) is 1.04. The van der Waals surface area contributed by atoms with E-state index in [4.69, 9.17) is 0 Å². The molecule has 3 rings (SSSR count). The summed E-state index contributed by atoms with van der Waals surface area (Å²) in [6.07, 6.45) is 4.71. The zero-order valence-corrected chi connectivity index (χ0v) is 12.5. The minimum absolute atomic E-state index is 0.168. The van der Waals surface area contributed by atoms with E-state index in [2.05, 4.69) is 26.1 Å². The van der Waals surface area contributed by atoms with Crippen molar-refractivity contribution in [1.29, 1.82) is 0 Å². The highest BCUT2D eigenvalue weighted by Gasteiger charge is 2.28. The van der Waals surface area contributed by atoms with E-state index >= 15 is 0 Å². The second-order valence-corrected chi connectivity index (χ2v) is 5.85. The number of nitrogens with zero attached hydrogens (tertiary/aromatic N) is 4. The average Bonchev–Trinajstić information content (AvgIpc) is 3.11. The van der Waals surface area contributed by atoms with Gasteiger partial charge in [0.05, 0.1) is 24.9 Å². The first-order valence-electron chi connectivity index (χ1n) is 6.60. The molecule has 0 N–H and O–H groups in total. The minimum Gasteiger partial charge on any atom is -0.340 e. The van der Waals surface area contributed by atoms with Gasteiger partial charge in [0.1, 0.15) is 0 Å². The number of amides is 1. The van der Waals surface area contributed by atoms with Gasteiger partial charge in [-0.1, -0.05) is 28.1 Å². The maximum Gasteiger partial charge on any atom is 0.227 e. The number of hydrogen-bond donors (Lipinski definition) is 0. The van der Waals surface area contributed by atoms with Gasteiger partial charge in [-0.25, -0.2) is 0 Å². The third kappa shape index (κ3) is 2.90. The molecule has 1 aliphatic rings. The van der Waals surface area contributed by atoms with E-state index in [1.165, 1.54) is 0 Å². The fourth-order valence-electron chi connectivity index (χ4n) is 2.46. The third-order valence-corrected chi connectivity index (χ3v) is 4.08. The molecule has 1 saturated heterocycles. The molecule has 1 aromatic heterocycles. The zero-order valence-electron chi connectivity index (χ0n) is 10.9. The number of aromatic nitrogens is 3. The van der Waals surface area contributed by atoms with Gasteiger partial charge in [0, 0.05) is 17.6 Å². The zero-order chi connectivity index (χ0) is 13.9. The molecule has 1 aliphatic heterocycles. The Morgan fingerprint density at radius 2 is 1.95 bits per heavy atom. The SMILES string of the molecule is O=C(Cc1ccc(Br)cc1)N1CCC(n2nccn2)C1. The first-order valence-corrected chi connectivity index (χ1v) is 7.40. The van der Waals surface area contributed by atoms with E-state index in [1.54, 1.807) is 17.2 Å². The smallest absolute Gasteiger partial charge is 0.227 e. The summed E-state index contributed by atoms with van der Waals surface area (Å²) in [6.45, 7) is 1.48. The predicted molar refractivity (Wildman–Crippen MR) is 78.1 cm³/mol. The van der Waals surface area contributed by atoms with Crippen LogP contribution >= 0.6 is 15.9 Å². The van der Waals surface area contributed by atoms with Crippen molar-refractivity contribution < 1.29 is 4.79 Å². The lowest BCUT2D eigenvalue weighted by molar-refractivity contribution is -0.129. The molecule has 1 amide bonds. The fraction of sp³-hybridized carbons (Fsp3) is 0.357. The Morgan fingerprint density at radius 3 is 2.65 bits per heavy atom. The van der Waals surface area contributed by atoms with Crippen LogP contribution in [0.25, 0.3) is 0 Å². The van der Waals surface area contributed by atoms with Crippen molar-refractivity contribution in [1.82, 2.24) is 19.9 Å². The summed E-state index contributed by atoms with van der Waals surface area (Å²) in [5, 5.41) is 8.30. The van der Waals surface area contributed by atoms with E-state index in [9.17, 15) is 4.79 Å². The molecular weight excluding hydrogens is 320 g/mol. The van der Waals surface area contributed by atoms with Crippen LogP contribution in [0.5, 0.6) is 0 Å². The number of benzene rings is 1. The van der Waals surface area contributed by atoms with Crippen LogP contribution < -0.4 is 0 Å². The Labute approximate surface area is 125 Å². The summed E-state index contributed by atoms with van der Waals surface area (Å²) < 4.78 is 1.03. The van der Waals surface area contributed by atoms with Gasteiger partial charge in [-0.2, -0.15) is 15.0 Å². The lowest BCUT2D eigenvalue weighted by atomic mass is 10.1. The van der Waals surface area contributed by atoms with E-state index in [0.717, 1.165) is 23.0 Å². The largest absolute Gasteiger partial charge is 0.340 e. The van der Waals surface area contributed by atoms with Gasteiger partial charge in [-0.05, 0) is 24.1 Å². The summed E-state index contributed by atoms with van der Waals surface area (Å²) in [4.78, 5) is 15.9. The predicted octanol–water partition coefficient (Wildman–Crippen LogP) is 2.06. The molecule has 6 heteroatoms. The lowest BCUT2D eigenvalue weighted by Crippen LogP contribution is -2.30. The number of likely N-dealkylation sites (tertiary alicyclic amines) is 1. The van der Waals surface area contributed by atoms with Crippen molar-refractivity contribution in [2.24, 2.45) is 0 Å². The second kappa shape index (κ2) is 5.75. The normalized spacial score (nSPS) is 18.4. The Hall–Kier alpha value is -1.69. The van der Waals surface area contributed by atoms with Crippen LogP contribution in [-0.4, -0.2) is 38.9 Å². The van der Waals surface area contributed by atoms with Crippen molar-refractivity contribution in [3.8, 4) is 0 Å². The van der Waals surface area contributed by atoms with E-state index in [0.29, 0.717) is 13.0 Å². The molecular formula is C14H15BrN4O. The van der Waals surface area contributed by atoms with Crippen LogP contribution in [0.15, 0.2) is 41.1 Å². The number of carbonyl (C=O) groups is 1. The first-order chi connectivity index (χ1) is 9.72. The topological polar surface area (TPSA) is 51.0 Å². The van der Waals surface area contributed by atoms with Gasteiger partial charge in [0.2, 0.25) is 5.91 Å². The Kier molecular flexibility index (Phi) is 3.82. The Balaban J connectivity index is 1.60. The van der Waals surface area contributed by atoms with Gasteiger partial charge < -0.3 is 4.90 Å². The van der Waals surface area contributed by atoms with E-state index in [1.807, 2.05) is 29.2 Å². The van der Waals surface area contributed by atoms with Gasteiger partial charge >= 0.3 is 0 Å². The van der Waals surface area contributed by atoms with E-state index < -0.39 is 0 Å². The average molecular weight is 335 g/mol. The highest BCUT2D eigenvalue weighted by molar-refractivity contribution is 9.10. The molecule has 0 spiro atoms. The van der Waals surface area contributed by atoms with Crippen LogP contribution in [-0.2, 0) is 11.2 Å². The first kappa shape index (κ1) is 13.3. The molecule has 2 aromatic rings. The Morgan fingerprint density at radius 1 is 1.25 bits per heavy atom. The maximum atomic E-state index is 12.3. The summed E-state index contributed by atoms with van der Waals surface area (Å²) >= 11 is 3.40. The minimum atomic E-state index is 0.168. The van der Waals surface area contributed by atoms with Crippen molar-refractivity contribution in [2.45, 2.75) is 18.9 Å². The Bertz CT molecular complexity index is 582. The number of carbonyl (C=O) groups excluding carboxylic acids is 1. The highest BCUT2D eigenvalue weighted by atomic mass is 79.9. The van der Waals surface area contributed by atoms with Crippen molar-refractivity contribution in [3.05, 3.63) is 46.7 Å². The molecule has 20 heavy (non-hydrogen) atoms. The van der Waals surface area contributed by atoms with Crippen LogP contribution in [0, 0.1) is 0 Å². The molecule has 1 aromatic carbocycles. The molecule has 1 atom stereocenters. The molecule has 1 fully saturated rings. The quantitative estimate of drug-likeness (QED) is 0.863.